The van der Waals surface area contributed by atoms with Crippen LogP contribution in [-0.4, -0.2) is 20.6 Å². The molecule has 34 heavy (non-hydrogen) atoms. The first-order chi connectivity index (χ1) is 16.0. The lowest BCUT2D eigenvalue weighted by Crippen LogP contribution is -2.21. The molecule has 1 aromatic heterocycles. The lowest BCUT2D eigenvalue weighted by molar-refractivity contribution is -0.384. The number of ether oxygens (including phenoxy) is 1. The highest BCUT2D eigenvalue weighted by Gasteiger charge is 2.38. The number of non-ortho nitro benzene ring substituents is 1. The summed E-state index contributed by atoms with van der Waals surface area (Å²) in [7, 11) is 0. The smallest absolute Gasteiger partial charge is 0.435 e. The first-order valence-corrected chi connectivity index (χ1v) is 10.6. The molecule has 2 aromatic carbocycles. The van der Waals surface area contributed by atoms with Gasteiger partial charge in [0.15, 0.2) is 5.69 Å². The zero-order valence-corrected chi connectivity index (χ0v) is 18.5. The van der Waals surface area contributed by atoms with Crippen LogP contribution in [0.5, 0.6) is 11.5 Å². The second-order valence-corrected chi connectivity index (χ2v) is 8.33. The predicted octanol–water partition coefficient (Wildman–Crippen LogP) is 6.08. The molecular formula is C22H18ClF3N4O4. The SMILES string of the molecule is Cc1cc(Oc2cc(NC(=O)Cn3nc(C(F)(F)F)cc3C3CC3)cc([N+](=O)[O-])c2)ccc1Cl. The Labute approximate surface area is 196 Å². The van der Waals surface area contributed by atoms with Crippen LogP contribution in [0.15, 0.2) is 42.5 Å². The number of halogens is 4. The van der Waals surface area contributed by atoms with Gasteiger partial charge in [-0.05, 0) is 49.6 Å². The number of carbonyl (C=O) groups is 1. The predicted molar refractivity (Wildman–Crippen MR) is 117 cm³/mol. The number of nitro groups is 1. The van der Waals surface area contributed by atoms with Crippen LogP contribution in [0, 0.1) is 17.0 Å². The van der Waals surface area contributed by atoms with Crippen LogP contribution in [0.25, 0.3) is 0 Å². The number of aromatic nitrogens is 2. The van der Waals surface area contributed by atoms with E-state index >= 15 is 0 Å². The number of alkyl halides is 3. The summed E-state index contributed by atoms with van der Waals surface area (Å²) in [5, 5.41) is 17.9. The molecule has 0 saturated heterocycles. The van der Waals surface area contributed by atoms with Gasteiger partial charge in [0.2, 0.25) is 5.91 Å². The summed E-state index contributed by atoms with van der Waals surface area (Å²) in [5.41, 5.74) is -0.274. The number of rotatable bonds is 7. The Kier molecular flexibility index (Phi) is 6.22. The summed E-state index contributed by atoms with van der Waals surface area (Å²) in [6.07, 6.45) is -3.18. The molecule has 1 heterocycles. The number of amides is 1. The molecule has 1 N–H and O–H groups in total. The van der Waals surface area contributed by atoms with Gasteiger partial charge >= 0.3 is 6.18 Å². The van der Waals surface area contributed by atoms with E-state index in [1.807, 2.05) is 0 Å². The molecule has 1 aliphatic rings. The summed E-state index contributed by atoms with van der Waals surface area (Å²) >= 11 is 6.00. The van der Waals surface area contributed by atoms with Gasteiger partial charge in [-0.3, -0.25) is 19.6 Å². The minimum absolute atomic E-state index is 0.0519. The first kappa shape index (κ1) is 23.6. The minimum Gasteiger partial charge on any atom is -0.457 e. The highest BCUT2D eigenvalue weighted by atomic mass is 35.5. The zero-order chi connectivity index (χ0) is 24.6. The zero-order valence-electron chi connectivity index (χ0n) is 17.7. The van der Waals surface area contributed by atoms with Gasteiger partial charge in [0.1, 0.15) is 18.0 Å². The summed E-state index contributed by atoms with van der Waals surface area (Å²) in [5.74, 6) is -0.294. The Morgan fingerprint density at radius 3 is 2.59 bits per heavy atom. The van der Waals surface area contributed by atoms with Crippen LogP contribution >= 0.6 is 11.6 Å². The number of aryl methyl sites for hydroxylation is 1. The van der Waals surface area contributed by atoms with Crippen molar-refractivity contribution in [3.05, 3.63) is 74.6 Å². The molecule has 0 spiro atoms. The number of anilines is 1. The van der Waals surface area contributed by atoms with E-state index in [0.29, 0.717) is 16.5 Å². The van der Waals surface area contributed by atoms with Crippen LogP contribution in [0.1, 0.15) is 35.7 Å². The number of benzene rings is 2. The molecule has 178 valence electrons. The lowest BCUT2D eigenvalue weighted by atomic mass is 10.2. The molecule has 12 heteroatoms. The van der Waals surface area contributed by atoms with Crippen LogP contribution in [0.2, 0.25) is 5.02 Å². The number of nitrogens with one attached hydrogen (secondary N) is 1. The van der Waals surface area contributed by atoms with Crippen molar-refractivity contribution in [1.82, 2.24) is 9.78 Å². The Hall–Kier alpha value is -3.60. The standard InChI is InChI=1S/C22H18ClF3N4O4/c1-12-6-16(4-5-18(12)23)34-17-8-14(7-15(9-17)30(32)33)27-21(31)11-29-19(13-2-3-13)10-20(28-29)22(24,25)26/h4-10,13H,2-3,11H2,1H3,(H,27,31). The highest BCUT2D eigenvalue weighted by molar-refractivity contribution is 6.31. The van der Waals surface area contributed by atoms with E-state index in [4.69, 9.17) is 16.3 Å². The number of nitro benzene ring substituents is 1. The average molecular weight is 495 g/mol. The van der Waals surface area contributed by atoms with Crippen molar-refractivity contribution < 1.29 is 27.6 Å². The lowest BCUT2D eigenvalue weighted by Gasteiger charge is -2.11. The van der Waals surface area contributed by atoms with E-state index in [9.17, 15) is 28.1 Å². The third kappa shape index (κ3) is 5.48. The quantitative estimate of drug-likeness (QED) is 0.317. The summed E-state index contributed by atoms with van der Waals surface area (Å²) in [6, 6.07) is 9.50. The normalized spacial score (nSPS) is 13.6. The van der Waals surface area contributed by atoms with Crippen molar-refractivity contribution in [2.45, 2.75) is 38.4 Å². The second kappa shape index (κ2) is 8.98. The molecule has 1 fully saturated rings. The van der Waals surface area contributed by atoms with Gasteiger partial charge in [0.05, 0.1) is 16.7 Å². The maximum atomic E-state index is 13.1. The van der Waals surface area contributed by atoms with Gasteiger partial charge in [0.25, 0.3) is 5.69 Å². The van der Waals surface area contributed by atoms with Crippen molar-refractivity contribution in [3.8, 4) is 11.5 Å². The van der Waals surface area contributed by atoms with E-state index in [2.05, 4.69) is 10.4 Å². The van der Waals surface area contributed by atoms with Crippen LogP contribution in [0.3, 0.4) is 0 Å². The van der Waals surface area contributed by atoms with Gasteiger partial charge in [0, 0.05) is 28.8 Å². The second-order valence-electron chi connectivity index (χ2n) is 7.92. The molecule has 3 aromatic rings. The van der Waals surface area contributed by atoms with Crippen LogP contribution < -0.4 is 10.1 Å². The summed E-state index contributed by atoms with van der Waals surface area (Å²) < 4.78 is 46.0. The summed E-state index contributed by atoms with van der Waals surface area (Å²) in [6.45, 7) is 1.29. The van der Waals surface area contributed by atoms with E-state index < -0.39 is 29.2 Å². The molecule has 1 amide bonds. The fraction of sp³-hybridized carbons (Fsp3) is 0.273. The molecule has 4 rings (SSSR count). The van der Waals surface area contributed by atoms with E-state index in [0.717, 1.165) is 35.2 Å². The molecular weight excluding hydrogens is 477 g/mol. The first-order valence-electron chi connectivity index (χ1n) is 10.2. The van der Waals surface area contributed by atoms with Crippen molar-refractivity contribution in [2.75, 3.05) is 5.32 Å². The van der Waals surface area contributed by atoms with Gasteiger partial charge in [-0.15, -0.1) is 0 Å². The molecule has 8 nitrogen and oxygen atoms in total. The van der Waals surface area contributed by atoms with Crippen molar-refractivity contribution >= 4 is 28.9 Å². The molecule has 0 atom stereocenters. The van der Waals surface area contributed by atoms with Gasteiger partial charge in [-0.2, -0.15) is 18.3 Å². The Morgan fingerprint density at radius 2 is 1.97 bits per heavy atom. The maximum absolute atomic E-state index is 13.1. The minimum atomic E-state index is -4.63. The van der Waals surface area contributed by atoms with E-state index in [1.165, 1.54) is 12.1 Å². The van der Waals surface area contributed by atoms with Gasteiger partial charge in [-0.1, -0.05) is 11.6 Å². The number of hydrogen-bond donors (Lipinski definition) is 1. The van der Waals surface area contributed by atoms with Crippen LogP contribution in [-0.2, 0) is 17.5 Å². The largest absolute Gasteiger partial charge is 0.457 e. The van der Waals surface area contributed by atoms with Gasteiger partial charge in [-0.25, -0.2) is 0 Å². The fourth-order valence-electron chi connectivity index (χ4n) is 3.38. The Balaban J connectivity index is 1.55. The third-order valence-corrected chi connectivity index (χ3v) is 5.57. The molecule has 0 aliphatic heterocycles. The number of hydrogen-bond acceptors (Lipinski definition) is 5. The van der Waals surface area contributed by atoms with Gasteiger partial charge < -0.3 is 10.1 Å². The molecule has 0 unspecified atom stereocenters. The molecule has 0 bridgehead atoms. The topological polar surface area (TPSA) is 99.3 Å². The van der Waals surface area contributed by atoms with Crippen molar-refractivity contribution in [2.24, 2.45) is 0 Å². The number of nitrogens with zero attached hydrogens (tertiary/aromatic N) is 3. The average Bonchev–Trinajstić information content (AvgIpc) is 3.49. The highest BCUT2D eigenvalue weighted by Crippen LogP contribution is 2.42. The third-order valence-electron chi connectivity index (χ3n) is 5.14. The monoisotopic (exact) mass is 494 g/mol. The Bertz CT molecular complexity index is 1270. The van der Waals surface area contributed by atoms with Crippen molar-refractivity contribution in [1.29, 1.82) is 0 Å². The summed E-state index contributed by atoms with van der Waals surface area (Å²) in [4.78, 5) is 23.3. The molecule has 0 radical (unpaired) electrons. The number of carbonyl (C=O) groups excluding carboxylic acids is 1. The van der Waals surface area contributed by atoms with Crippen molar-refractivity contribution in [3.63, 3.8) is 0 Å². The molecule has 1 aliphatic carbocycles. The Morgan fingerprint density at radius 1 is 1.24 bits per heavy atom. The molecule has 1 saturated carbocycles. The van der Waals surface area contributed by atoms with E-state index in [-0.39, 0.29) is 23.0 Å². The van der Waals surface area contributed by atoms with Crippen LogP contribution in [0.4, 0.5) is 24.5 Å². The fourth-order valence-corrected chi connectivity index (χ4v) is 3.49. The van der Waals surface area contributed by atoms with E-state index in [1.54, 1.807) is 25.1 Å². The maximum Gasteiger partial charge on any atom is 0.435 e.